The summed E-state index contributed by atoms with van der Waals surface area (Å²) in [4.78, 5) is 4.30. The van der Waals surface area contributed by atoms with Gasteiger partial charge < -0.3 is 15.4 Å². The molecule has 0 atom stereocenters. The topological polar surface area (TPSA) is 63.5 Å². The number of guanidine groups is 1. The monoisotopic (exact) mass is 357 g/mol. The summed E-state index contributed by atoms with van der Waals surface area (Å²) >= 11 is 0. The molecule has 0 bridgehead atoms. The van der Waals surface area contributed by atoms with Crippen LogP contribution in [0.4, 0.5) is 0 Å². The number of benzene rings is 1. The van der Waals surface area contributed by atoms with Gasteiger partial charge in [-0.05, 0) is 51.3 Å². The van der Waals surface area contributed by atoms with Gasteiger partial charge in [0.15, 0.2) is 5.96 Å². The highest BCUT2D eigenvalue weighted by atomic mass is 16.5. The highest BCUT2D eigenvalue weighted by Crippen LogP contribution is 2.16. The predicted molar refractivity (Wildman–Crippen MR) is 107 cm³/mol. The third-order valence-electron chi connectivity index (χ3n) is 4.11. The number of hydrogen-bond acceptors (Lipinski definition) is 3. The quantitative estimate of drug-likeness (QED) is 0.411. The summed E-state index contributed by atoms with van der Waals surface area (Å²) < 4.78 is 7.35. The highest BCUT2D eigenvalue weighted by molar-refractivity contribution is 5.79. The zero-order valence-electron chi connectivity index (χ0n) is 16.4. The summed E-state index contributed by atoms with van der Waals surface area (Å²) in [7, 11) is 1.79. The zero-order valence-corrected chi connectivity index (χ0v) is 16.4. The van der Waals surface area contributed by atoms with Gasteiger partial charge in [-0.3, -0.25) is 4.99 Å². The first-order valence-electron chi connectivity index (χ1n) is 9.29. The molecule has 142 valence electrons. The summed E-state index contributed by atoms with van der Waals surface area (Å²) in [5.41, 5.74) is 4.43. The molecule has 0 radical (unpaired) electrons. The summed E-state index contributed by atoms with van der Waals surface area (Å²) in [6.45, 7) is 9.28. The molecule has 0 saturated heterocycles. The van der Waals surface area contributed by atoms with Crippen LogP contribution in [0.1, 0.15) is 36.7 Å². The maximum absolute atomic E-state index is 5.36. The van der Waals surface area contributed by atoms with Gasteiger partial charge in [-0.25, -0.2) is 4.68 Å². The number of hydrogen-bond donors (Lipinski definition) is 2. The average Bonchev–Trinajstić information content (AvgIpc) is 2.99. The predicted octanol–water partition coefficient (Wildman–Crippen LogP) is 2.97. The first kappa shape index (κ1) is 20.0. The van der Waals surface area contributed by atoms with Gasteiger partial charge >= 0.3 is 0 Å². The van der Waals surface area contributed by atoms with E-state index in [4.69, 9.17) is 4.74 Å². The molecular weight excluding hydrogens is 326 g/mol. The molecule has 1 aromatic heterocycles. The summed E-state index contributed by atoms with van der Waals surface area (Å²) in [6.07, 6.45) is 2.11. The largest absolute Gasteiger partial charge is 0.382 e. The van der Waals surface area contributed by atoms with Crippen LogP contribution in [0.3, 0.4) is 0 Å². The SMILES string of the molecule is CCOCCCCNC(=NC)NCc1ccccc1-n1nc(C)cc1C. The fraction of sp³-hybridized carbons (Fsp3) is 0.500. The maximum atomic E-state index is 5.36. The summed E-state index contributed by atoms with van der Waals surface area (Å²) in [6, 6.07) is 10.4. The van der Waals surface area contributed by atoms with Gasteiger partial charge in [-0.1, -0.05) is 18.2 Å². The van der Waals surface area contributed by atoms with Crippen LogP contribution < -0.4 is 10.6 Å². The molecule has 1 aromatic carbocycles. The Balaban J connectivity index is 1.91. The van der Waals surface area contributed by atoms with Gasteiger partial charge in [0.05, 0.1) is 11.4 Å². The Morgan fingerprint density at radius 2 is 2.00 bits per heavy atom. The molecule has 0 aliphatic heterocycles. The van der Waals surface area contributed by atoms with E-state index in [0.29, 0.717) is 6.54 Å². The summed E-state index contributed by atoms with van der Waals surface area (Å²) in [5.74, 6) is 0.810. The summed E-state index contributed by atoms with van der Waals surface area (Å²) in [5, 5.41) is 11.3. The second-order valence-corrected chi connectivity index (χ2v) is 6.22. The Bertz CT molecular complexity index is 708. The molecule has 2 rings (SSSR count). The maximum Gasteiger partial charge on any atom is 0.191 e. The van der Waals surface area contributed by atoms with Gasteiger partial charge in [-0.2, -0.15) is 5.10 Å². The number of para-hydroxylation sites is 1. The Kier molecular flexibility index (Phi) is 8.15. The van der Waals surface area contributed by atoms with Crippen molar-refractivity contribution in [2.45, 2.75) is 40.2 Å². The van der Waals surface area contributed by atoms with Crippen molar-refractivity contribution in [3.05, 3.63) is 47.3 Å². The van der Waals surface area contributed by atoms with Crippen molar-refractivity contribution in [1.82, 2.24) is 20.4 Å². The number of aryl methyl sites for hydroxylation is 2. The molecule has 0 fully saturated rings. The van der Waals surface area contributed by atoms with Gasteiger partial charge in [-0.15, -0.1) is 0 Å². The molecule has 2 N–H and O–H groups in total. The van der Waals surface area contributed by atoms with Crippen LogP contribution in [0.5, 0.6) is 0 Å². The highest BCUT2D eigenvalue weighted by Gasteiger charge is 2.09. The minimum atomic E-state index is 0.688. The van der Waals surface area contributed by atoms with Crippen LogP contribution in [0.15, 0.2) is 35.3 Å². The molecule has 0 unspecified atom stereocenters. The van der Waals surface area contributed by atoms with E-state index in [-0.39, 0.29) is 0 Å². The molecule has 1 heterocycles. The lowest BCUT2D eigenvalue weighted by Crippen LogP contribution is -2.37. The number of aromatic nitrogens is 2. The van der Waals surface area contributed by atoms with Crippen molar-refractivity contribution < 1.29 is 4.74 Å². The molecule has 6 heteroatoms. The number of rotatable bonds is 9. The lowest BCUT2D eigenvalue weighted by molar-refractivity contribution is 0.143. The smallest absolute Gasteiger partial charge is 0.191 e. The van der Waals surface area contributed by atoms with Crippen molar-refractivity contribution in [2.24, 2.45) is 4.99 Å². The third-order valence-corrected chi connectivity index (χ3v) is 4.11. The van der Waals surface area contributed by atoms with Crippen LogP contribution in [0.25, 0.3) is 5.69 Å². The fourth-order valence-electron chi connectivity index (χ4n) is 2.82. The van der Waals surface area contributed by atoms with E-state index in [1.54, 1.807) is 7.05 Å². The lowest BCUT2D eigenvalue weighted by atomic mass is 10.1. The second kappa shape index (κ2) is 10.6. The van der Waals surface area contributed by atoms with E-state index in [1.165, 1.54) is 5.56 Å². The Morgan fingerprint density at radius 1 is 1.19 bits per heavy atom. The molecule has 0 amide bonds. The van der Waals surface area contributed by atoms with E-state index in [1.807, 2.05) is 24.6 Å². The first-order chi connectivity index (χ1) is 12.7. The average molecular weight is 358 g/mol. The van der Waals surface area contributed by atoms with Crippen LogP contribution in [0.2, 0.25) is 0 Å². The van der Waals surface area contributed by atoms with Gasteiger partial charge in [0.2, 0.25) is 0 Å². The fourth-order valence-corrected chi connectivity index (χ4v) is 2.82. The van der Waals surface area contributed by atoms with Crippen molar-refractivity contribution >= 4 is 5.96 Å². The number of nitrogens with zero attached hydrogens (tertiary/aromatic N) is 3. The van der Waals surface area contributed by atoms with E-state index in [2.05, 4.69) is 51.9 Å². The molecule has 0 saturated carbocycles. The normalized spacial score (nSPS) is 11.6. The minimum absolute atomic E-state index is 0.688. The minimum Gasteiger partial charge on any atom is -0.382 e. The number of unbranched alkanes of at least 4 members (excludes halogenated alkanes) is 1. The standard InChI is InChI=1S/C20H31N5O/c1-5-26-13-9-8-12-22-20(21-4)23-15-18-10-6-7-11-19(18)25-17(3)14-16(2)24-25/h6-7,10-11,14H,5,8-9,12-13,15H2,1-4H3,(H2,21,22,23). The van der Waals surface area contributed by atoms with Gasteiger partial charge in [0.25, 0.3) is 0 Å². The lowest BCUT2D eigenvalue weighted by Gasteiger charge is -2.15. The Morgan fingerprint density at radius 3 is 2.69 bits per heavy atom. The molecule has 26 heavy (non-hydrogen) atoms. The molecule has 0 spiro atoms. The van der Waals surface area contributed by atoms with Gasteiger partial charge in [0.1, 0.15) is 0 Å². The van der Waals surface area contributed by atoms with Crippen LogP contribution in [-0.4, -0.2) is 42.5 Å². The third kappa shape index (κ3) is 5.88. The van der Waals surface area contributed by atoms with Crippen molar-refractivity contribution in [1.29, 1.82) is 0 Å². The zero-order chi connectivity index (χ0) is 18.8. The van der Waals surface area contributed by atoms with Gasteiger partial charge in [0, 0.05) is 39.0 Å². The Hall–Kier alpha value is -2.34. The van der Waals surface area contributed by atoms with Crippen molar-refractivity contribution in [2.75, 3.05) is 26.8 Å². The molecule has 6 nitrogen and oxygen atoms in total. The molecular formula is C20H31N5O. The van der Waals surface area contributed by atoms with Crippen molar-refractivity contribution in [3.63, 3.8) is 0 Å². The van der Waals surface area contributed by atoms with Crippen LogP contribution in [-0.2, 0) is 11.3 Å². The van der Waals surface area contributed by atoms with E-state index in [0.717, 1.165) is 55.6 Å². The van der Waals surface area contributed by atoms with Crippen LogP contribution in [0, 0.1) is 13.8 Å². The van der Waals surface area contributed by atoms with E-state index >= 15 is 0 Å². The molecule has 0 aliphatic rings. The second-order valence-electron chi connectivity index (χ2n) is 6.22. The first-order valence-corrected chi connectivity index (χ1v) is 9.29. The van der Waals surface area contributed by atoms with E-state index < -0.39 is 0 Å². The number of nitrogens with one attached hydrogen (secondary N) is 2. The molecule has 2 aromatic rings. The number of aliphatic imine (C=N–C) groups is 1. The van der Waals surface area contributed by atoms with Crippen molar-refractivity contribution in [3.8, 4) is 5.69 Å². The number of ether oxygens (including phenoxy) is 1. The van der Waals surface area contributed by atoms with Crippen LogP contribution >= 0.6 is 0 Å². The van der Waals surface area contributed by atoms with E-state index in [9.17, 15) is 0 Å². The molecule has 0 aliphatic carbocycles. The Labute approximate surface area is 156 Å².